The molecule has 0 aliphatic carbocycles. The number of amides is 1. The fraction of sp³-hybridized carbons (Fsp3) is 0.611. The lowest BCUT2D eigenvalue weighted by atomic mass is 9.82. The third-order valence-electron chi connectivity index (χ3n) is 4.15. The summed E-state index contributed by atoms with van der Waals surface area (Å²) in [6, 6.07) is 9.64. The van der Waals surface area contributed by atoms with Crippen LogP contribution in [0.15, 0.2) is 30.3 Å². The minimum absolute atomic E-state index is 0.0260. The summed E-state index contributed by atoms with van der Waals surface area (Å²) in [7, 11) is 0. The van der Waals surface area contributed by atoms with E-state index < -0.39 is 10.5 Å². The minimum atomic E-state index is -1.39. The smallest absolute Gasteiger partial charge is 0.246 e. The lowest BCUT2D eigenvalue weighted by Crippen LogP contribution is -2.60. The van der Waals surface area contributed by atoms with E-state index in [0.717, 1.165) is 5.56 Å². The Labute approximate surface area is 139 Å². The Hall–Kier alpha value is -1.06. The first kappa shape index (κ1) is 19.0. The Morgan fingerprint density at radius 2 is 1.59 bits per heavy atom. The van der Waals surface area contributed by atoms with Crippen LogP contribution in [0.2, 0.25) is 0 Å². The molecule has 1 aromatic carbocycles. The van der Waals surface area contributed by atoms with Crippen LogP contribution in [0.3, 0.4) is 0 Å². The number of aliphatic hydroxyl groups is 1. The van der Waals surface area contributed by atoms with Gasteiger partial charge in [-0.25, -0.2) is 0 Å². The van der Waals surface area contributed by atoms with Crippen molar-refractivity contribution in [2.24, 2.45) is 0 Å². The van der Waals surface area contributed by atoms with Gasteiger partial charge in [0.25, 0.3) is 0 Å². The molecule has 0 radical (unpaired) electrons. The Morgan fingerprint density at radius 3 is 2.00 bits per heavy atom. The van der Waals surface area contributed by atoms with Crippen molar-refractivity contribution in [2.45, 2.75) is 70.5 Å². The SMILES string of the molecule is CC(C)N(C(=O)C(C)(Cl)C(C)(O)Cc1ccccc1)C(C)C. The molecule has 2 atom stereocenters. The quantitative estimate of drug-likeness (QED) is 0.811. The maximum absolute atomic E-state index is 12.9. The average molecular weight is 326 g/mol. The molecule has 3 nitrogen and oxygen atoms in total. The first-order chi connectivity index (χ1) is 10.0. The Bertz CT molecular complexity index is 487. The van der Waals surface area contributed by atoms with Crippen LogP contribution in [-0.4, -0.2) is 38.5 Å². The third-order valence-corrected chi connectivity index (χ3v) is 4.72. The number of carbonyl (C=O) groups excluding carboxylic acids is 1. The highest BCUT2D eigenvalue weighted by molar-refractivity contribution is 6.35. The predicted molar refractivity (Wildman–Crippen MR) is 92.1 cm³/mol. The molecule has 0 aliphatic rings. The highest BCUT2D eigenvalue weighted by atomic mass is 35.5. The summed E-state index contributed by atoms with van der Waals surface area (Å²) < 4.78 is 0. The summed E-state index contributed by atoms with van der Waals surface area (Å²) in [5.41, 5.74) is -0.400. The molecule has 4 heteroatoms. The number of alkyl halides is 1. The van der Waals surface area contributed by atoms with Crippen molar-refractivity contribution in [3.8, 4) is 0 Å². The van der Waals surface area contributed by atoms with Crippen molar-refractivity contribution < 1.29 is 9.90 Å². The molecule has 1 rings (SSSR count). The third kappa shape index (κ3) is 4.02. The number of benzene rings is 1. The van der Waals surface area contributed by atoms with E-state index in [0.29, 0.717) is 6.42 Å². The molecule has 0 spiro atoms. The summed E-state index contributed by atoms with van der Waals surface area (Å²) in [6.45, 7) is 11.1. The van der Waals surface area contributed by atoms with E-state index in [-0.39, 0.29) is 18.0 Å². The van der Waals surface area contributed by atoms with Gasteiger partial charge in [0.15, 0.2) is 0 Å². The number of hydrogen-bond acceptors (Lipinski definition) is 2. The van der Waals surface area contributed by atoms with Gasteiger partial charge in [-0.2, -0.15) is 0 Å². The minimum Gasteiger partial charge on any atom is -0.387 e. The highest BCUT2D eigenvalue weighted by Crippen LogP contribution is 2.35. The fourth-order valence-electron chi connectivity index (χ4n) is 2.70. The molecule has 1 aromatic rings. The van der Waals surface area contributed by atoms with Gasteiger partial charge in [-0.05, 0) is 47.1 Å². The zero-order valence-corrected chi connectivity index (χ0v) is 15.2. The second-order valence-electron chi connectivity index (χ2n) is 6.84. The summed E-state index contributed by atoms with van der Waals surface area (Å²) >= 11 is 6.57. The first-order valence-corrected chi connectivity index (χ1v) is 8.16. The molecule has 124 valence electrons. The van der Waals surface area contributed by atoms with Gasteiger partial charge >= 0.3 is 0 Å². The zero-order chi connectivity index (χ0) is 17.1. The number of rotatable bonds is 6. The number of nitrogens with zero attached hydrogens (tertiary/aromatic N) is 1. The predicted octanol–water partition coefficient (Wildman–Crippen LogP) is 3.62. The maximum atomic E-state index is 12.9. The molecule has 0 aromatic heterocycles. The second kappa shape index (κ2) is 7.01. The maximum Gasteiger partial charge on any atom is 0.246 e. The van der Waals surface area contributed by atoms with Gasteiger partial charge in [0.2, 0.25) is 5.91 Å². The summed E-state index contributed by atoms with van der Waals surface area (Å²) in [6.07, 6.45) is 0.323. The summed E-state index contributed by atoms with van der Waals surface area (Å²) in [4.78, 5) is 13.3. The Balaban J connectivity index is 3.06. The zero-order valence-electron chi connectivity index (χ0n) is 14.4. The number of hydrogen-bond donors (Lipinski definition) is 1. The van der Waals surface area contributed by atoms with Crippen LogP contribution in [0.4, 0.5) is 0 Å². The van der Waals surface area contributed by atoms with E-state index in [1.807, 2.05) is 58.0 Å². The van der Waals surface area contributed by atoms with Crippen LogP contribution < -0.4 is 0 Å². The Kier molecular flexibility index (Phi) is 6.05. The molecular weight excluding hydrogens is 298 g/mol. The first-order valence-electron chi connectivity index (χ1n) is 7.78. The van der Waals surface area contributed by atoms with Crippen molar-refractivity contribution in [2.75, 3.05) is 0 Å². The number of carbonyl (C=O) groups is 1. The van der Waals surface area contributed by atoms with E-state index in [1.165, 1.54) is 0 Å². The van der Waals surface area contributed by atoms with Crippen molar-refractivity contribution in [1.29, 1.82) is 0 Å². The lowest BCUT2D eigenvalue weighted by molar-refractivity contribution is -0.144. The normalized spacial score (nSPS) is 17.2. The second-order valence-corrected chi connectivity index (χ2v) is 7.60. The number of halogens is 1. The summed E-state index contributed by atoms with van der Waals surface area (Å²) in [5, 5.41) is 10.9. The standard InChI is InChI=1S/C18H28ClNO2/c1-13(2)20(14(3)4)16(21)18(6,19)17(5,22)12-15-10-8-7-9-11-15/h7-11,13-14,22H,12H2,1-6H3. The molecule has 0 heterocycles. The van der Waals surface area contributed by atoms with Gasteiger partial charge in [0.05, 0.1) is 5.60 Å². The van der Waals surface area contributed by atoms with E-state index in [9.17, 15) is 9.90 Å². The molecule has 2 unspecified atom stereocenters. The van der Waals surface area contributed by atoms with Gasteiger partial charge in [-0.1, -0.05) is 30.3 Å². The summed E-state index contributed by atoms with van der Waals surface area (Å²) in [5.74, 6) is -0.236. The largest absolute Gasteiger partial charge is 0.387 e. The van der Waals surface area contributed by atoms with Gasteiger partial charge < -0.3 is 10.0 Å². The monoisotopic (exact) mass is 325 g/mol. The van der Waals surface area contributed by atoms with Crippen LogP contribution in [0.1, 0.15) is 47.1 Å². The molecule has 0 saturated carbocycles. The fourth-order valence-corrected chi connectivity index (χ4v) is 2.86. The van der Waals surface area contributed by atoms with Gasteiger partial charge in [-0.3, -0.25) is 4.79 Å². The average Bonchev–Trinajstić information content (AvgIpc) is 2.38. The molecule has 1 amide bonds. The van der Waals surface area contributed by atoms with Gasteiger partial charge in [-0.15, -0.1) is 11.6 Å². The van der Waals surface area contributed by atoms with E-state index in [1.54, 1.807) is 18.7 Å². The molecule has 0 aliphatic heterocycles. The van der Waals surface area contributed by atoms with Crippen LogP contribution in [0.5, 0.6) is 0 Å². The van der Waals surface area contributed by atoms with Crippen molar-refractivity contribution in [1.82, 2.24) is 4.90 Å². The van der Waals surface area contributed by atoms with Crippen molar-refractivity contribution >= 4 is 17.5 Å². The van der Waals surface area contributed by atoms with Gasteiger partial charge in [0, 0.05) is 18.5 Å². The van der Waals surface area contributed by atoms with Gasteiger partial charge in [0.1, 0.15) is 4.87 Å². The Morgan fingerprint density at radius 1 is 1.14 bits per heavy atom. The highest BCUT2D eigenvalue weighted by Gasteiger charge is 2.50. The van der Waals surface area contributed by atoms with Crippen LogP contribution in [0, 0.1) is 0 Å². The molecule has 22 heavy (non-hydrogen) atoms. The van der Waals surface area contributed by atoms with Crippen LogP contribution in [-0.2, 0) is 11.2 Å². The molecule has 0 saturated heterocycles. The molecular formula is C18H28ClNO2. The van der Waals surface area contributed by atoms with E-state index in [4.69, 9.17) is 11.6 Å². The van der Waals surface area contributed by atoms with E-state index in [2.05, 4.69) is 0 Å². The molecule has 1 N–H and O–H groups in total. The molecule has 0 bridgehead atoms. The molecule has 0 fully saturated rings. The van der Waals surface area contributed by atoms with Crippen molar-refractivity contribution in [3.05, 3.63) is 35.9 Å². The lowest BCUT2D eigenvalue weighted by Gasteiger charge is -2.42. The van der Waals surface area contributed by atoms with Crippen LogP contribution in [0.25, 0.3) is 0 Å². The van der Waals surface area contributed by atoms with Crippen LogP contribution >= 0.6 is 11.6 Å². The topological polar surface area (TPSA) is 40.5 Å². The van der Waals surface area contributed by atoms with Crippen molar-refractivity contribution in [3.63, 3.8) is 0 Å². The van der Waals surface area contributed by atoms with E-state index >= 15 is 0 Å².